The lowest BCUT2D eigenvalue weighted by Crippen LogP contribution is -2.51. The highest BCUT2D eigenvalue weighted by Gasteiger charge is 2.21. The van der Waals surface area contributed by atoms with E-state index in [2.05, 4.69) is 20.4 Å². The van der Waals surface area contributed by atoms with Crippen LogP contribution in [0.15, 0.2) is 58.4 Å². The Kier molecular flexibility index (Phi) is 7.99. The number of nitrogens with zero attached hydrogens (tertiary/aromatic N) is 4. The molecule has 1 N–H and O–H groups in total. The van der Waals surface area contributed by atoms with Crippen LogP contribution in [-0.2, 0) is 16.0 Å². The van der Waals surface area contributed by atoms with Gasteiger partial charge in [-0.1, -0.05) is 41.6 Å². The third-order valence-corrected chi connectivity index (χ3v) is 6.31. The van der Waals surface area contributed by atoms with Gasteiger partial charge in [-0.3, -0.25) is 14.5 Å². The highest BCUT2D eigenvalue weighted by molar-refractivity contribution is 7.13. The summed E-state index contributed by atoms with van der Waals surface area (Å²) in [4.78, 5) is 34.0. The smallest absolute Gasteiger partial charge is 0.244 e. The van der Waals surface area contributed by atoms with Gasteiger partial charge in [0.15, 0.2) is 0 Å². The molecule has 0 aliphatic carbocycles. The SMILES string of the molecule is O=C(/C=C/c1ccccc1)NCC(=O)N1CCN(CCCc2nc(-c3cccs3)no2)CC1. The van der Waals surface area contributed by atoms with Crippen LogP contribution in [0.1, 0.15) is 17.9 Å². The van der Waals surface area contributed by atoms with Crippen LogP contribution in [0.3, 0.4) is 0 Å². The van der Waals surface area contributed by atoms with Gasteiger partial charge in [0.25, 0.3) is 0 Å². The van der Waals surface area contributed by atoms with Crippen molar-refractivity contribution in [1.82, 2.24) is 25.3 Å². The average molecular weight is 466 g/mol. The molecular formula is C24H27N5O3S. The maximum Gasteiger partial charge on any atom is 0.244 e. The van der Waals surface area contributed by atoms with Crippen molar-refractivity contribution < 1.29 is 14.1 Å². The Morgan fingerprint density at radius 1 is 1.09 bits per heavy atom. The fourth-order valence-corrected chi connectivity index (χ4v) is 4.26. The maximum atomic E-state index is 12.4. The highest BCUT2D eigenvalue weighted by Crippen LogP contribution is 2.21. The topological polar surface area (TPSA) is 91.6 Å². The van der Waals surface area contributed by atoms with Gasteiger partial charge in [0.1, 0.15) is 0 Å². The first-order valence-electron chi connectivity index (χ1n) is 11.0. The summed E-state index contributed by atoms with van der Waals surface area (Å²) in [6.07, 6.45) is 4.84. The second-order valence-electron chi connectivity index (χ2n) is 7.78. The summed E-state index contributed by atoms with van der Waals surface area (Å²) in [6.45, 7) is 3.90. The van der Waals surface area contributed by atoms with E-state index in [4.69, 9.17) is 4.52 Å². The Morgan fingerprint density at radius 3 is 2.67 bits per heavy atom. The molecule has 0 bridgehead atoms. The average Bonchev–Trinajstić information content (AvgIpc) is 3.55. The highest BCUT2D eigenvalue weighted by atomic mass is 32.1. The first kappa shape index (κ1) is 22.9. The molecule has 0 saturated carbocycles. The Bertz CT molecular complexity index is 1060. The number of aromatic nitrogens is 2. The number of amides is 2. The lowest BCUT2D eigenvalue weighted by atomic mass is 10.2. The van der Waals surface area contributed by atoms with Crippen LogP contribution < -0.4 is 5.32 Å². The third kappa shape index (κ3) is 6.84. The van der Waals surface area contributed by atoms with Gasteiger partial charge in [-0.15, -0.1) is 11.3 Å². The number of aryl methyl sites for hydroxylation is 1. The third-order valence-electron chi connectivity index (χ3n) is 5.44. The lowest BCUT2D eigenvalue weighted by Gasteiger charge is -2.34. The van der Waals surface area contributed by atoms with E-state index < -0.39 is 0 Å². The van der Waals surface area contributed by atoms with Gasteiger partial charge in [-0.25, -0.2) is 0 Å². The van der Waals surface area contributed by atoms with E-state index in [0.29, 0.717) is 24.8 Å². The molecule has 1 fully saturated rings. The summed E-state index contributed by atoms with van der Waals surface area (Å²) < 4.78 is 5.35. The molecule has 2 amide bonds. The van der Waals surface area contributed by atoms with E-state index in [1.165, 1.54) is 6.08 Å². The fourth-order valence-electron chi connectivity index (χ4n) is 3.61. The molecule has 0 spiro atoms. The number of hydrogen-bond donors (Lipinski definition) is 1. The molecule has 172 valence electrons. The van der Waals surface area contributed by atoms with Crippen LogP contribution in [0.25, 0.3) is 16.8 Å². The van der Waals surface area contributed by atoms with Crippen LogP contribution in [0.4, 0.5) is 0 Å². The van der Waals surface area contributed by atoms with Crippen molar-refractivity contribution >= 4 is 29.2 Å². The second-order valence-corrected chi connectivity index (χ2v) is 8.72. The first-order chi connectivity index (χ1) is 16.2. The van der Waals surface area contributed by atoms with Crippen molar-refractivity contribution in [3.63, 3.8) is 0 Å². The number of carbonyl (C=O) groups excluding carboxylic acids is 2. The van der Waals surface area contributed by atoms with Gasteiger partial charge in [0, 0.05) is 38.7 Å². The van der Waals surface area contributed by atoms with E-state index >= 15 is 0 Å². The molecule has 0 atom stereocenters. The van der Waals surface area contributed by atoms with Gasteiger partial charge in [0.2, 0.25) is 23.5 Å². The lowest BCUT2D eigenvalue weighted by molar-refractivity contribution is -0.133. The molecule has 2 aromatic heterocycles. The van der Waals surface area contributed by atoms with Crippen LogP contribution in [0.2, 0.25) is 0 Å². The summed E-state index contributed by atoms with van der Waals surface area (Å²) >= 11 is 1.59. The van der Waals surface area contributed by atoms with E-state index in [1.807, 2.05) is 52.7 Å². The molecule has 0 unspecified atom stereocenters. The van der Waals surface area contributed by atoms with Crippen molar-refractivity contribution in [2.75, 3.05) is 39.3 Å². The van der Waals surface area contributed by atoms with Gasteiger partial charge in [-0.05, 0) is 36.1 Å². The fraction of sp³-hybridized carbons (Fsp3) is 0.333. The maximum absolute atomic E-state index is 12.4. The standard InChI is InChI=1S/C24H27N5O3S/c30-21(11-10-19-6-2-1-3-7-19)25-18-23(31)29-15-13-28(14-16-29)12-4-9-22-26-24(27-32-22)20-8-5-17-33-20/h1-3,5-8,10-11,17H,4,9,12-16,18H2,(H,25,30)/b11-10+. The number of benzene rings is 1. The van der Waals surface area contributed by atoms with Crippen LogP contribution in [-0.4, -0.2) is 71.0 Å². The molecule has 1 saturated heterocycles. The Morgan fingerprint density at radius 2 is 1.91 bits per heavy atom. The summed E-state index contributed by atoms with van der Waals surface area (Å²) in [5.41, 5.74) is 0.942. The number of rotatable bonds is 9. The quantitative estimate of drug-likeness (QED) is 0.489. The molecular weight excluding hydrogens is 438 g/mol. The number of nitrogens with one attached hydrogen (secondary N) is 1. The predicted molar refractivity (Wildman–Crippen MR) is 127 cm³/mol. The van der Waals surface area contributed by atoms with Crippen LogP contribution in [0, 0.1) is 0 Å². The number of hydrogen-bond acceptors (Lipinski definition) is 7. The van der Waals surface area contributed by atoms with Crippen molar-refractivity contribution in [2.45, 2.75) is 12.8 Å². The molecule has 3 aromatic rings. The van der Waals surface area contributed by atoms with Crippen molar-refractivity contribution in [1.29, 1.82) is 0 Å². The summed E-state index contributed by atoms with van der Waals surface area (Å²) in [5, 5.41) is 8.71. The zero-order valence-corrected chi connectivity index (χ0v) is 19.2. The second kappa shape index (κ2) is 11.5. The number of piperazine rings is 1. The Labute approximate surface area is 196 Å². The normalized spacial score (nSPS) is 14.6. The van der Waals surface area contributed by atoms with Crippen LogP contribution in [0.5, 0.6) is 0 Å². The van der Waals surface area contributed by atoms with E-state index in [0.717, 1.165) is 42.9 Å². The predicted octanol–water partition coefficient (Wildman–Crippen LogP) is 2.70. The van der Waals surface area contributed by atoms with Gasteiger partial charge >= 0.3 is 0 Å². The number of carbonyl (C=O) groups is 2. The summed E-state index contributed by atoms with van der Waals surface area (Å²) in [5.74, 6) is 0.983. The van der Waals surface area contributed by atoms with Gasteiger partial charge in [-0.2, -0.15) is 4.98 Å². The zero-order chi connectivity index (χ0) is 22.9. The first-order valence-corrected chi connectivity index (χ1v) is 11.9. The van der Waals surface area contributed by atoms with E-state index in [1.54, 1.807) is 17.4 Å². The largest absolute Gasteiger partial charge is 0.343 e. The Balaban J connectivity index is 1.11. The number of thiophene rings is 1. The van der Waals surface area contributed by atoms with E-state index in [-0.39, 0.29) is 18.4 Å². The summed E-state index contributed by atoms with van der Waals surface area (Å²) in [6, 6.07) is 13.5. The molecule has 1 aliphatic rings. The van der Waals surface area contributed by atoms with Crippen molar-refractivity contribution in [3.8, 4) is 10.7 Å². The van der Waals surface area contributed by atoms with Gasteiger partial charge in [0.05, 0.1) is 11.4 Å². The minimum atomic E-state index is -0.269. The van der Waals surface area contributed by atoms with Crippen molar-refractivity contribution in [3.05, 3.63) is 65.4 Å². The molecule has 4 rings (SSSR count). The molecule has 1 aromatic carbocycles. The molecule has 9 heteroatoms. The molecule has 8 nitrogen and oxygen atoms in total. The molecule has 3 heterocycles. The summed E-state index contributed by atoms with van der Waals surface area (Å²) in [7, 11) is 0. The minimum absolute atomic E-state index is 0.0156. The Hall–Kier alpha value is -3.30. The van der Waals surface area contributed by atoms with E-state index in [9.17, 15) is 9.59 Å². The zero-order valence-electron chi connectivity index (χ0n) is 18.4. The van der Waals surface area contributed by atoms with Gasteiger partial charge < -0.3 is 14.7 Å². The monoisotopic (exact) mass is 465 g/mol. The molecule has 1 aliphatic heterocycles. The van der Waals surface area contributed by atoms with Crippen LogP contribution >= 0.6 is 11.3 Å². The minimum Gasteiger partial charge on any atom is -0.343 e. The van der Waals surface area contributed by atoms with Crippen molar-refractivity contribution in [2.24, 2.45) is 0 Å². The molecule has 33 heavy (non-hydrogen) atoms. The molecule has 0 radical (unpaired) electrons.